The number of ether oxygens (including phenoxy) is 1. The van der Waals surface area contributed by atoms with E-state index in [1.165, 1.54) is 0 Å². The van der Waals surface area contributed by atoms with Crippen molar-refractivity contribution in [3.05, 3.63) is 29.3 Å². The van der Waals surface area contributed by atoms with E-state index < -0.39 is 0 Å². The molecule has 2 N–H and O–H groups in total. The van der Waals surface area contributed by atoms with Gasteiger partial charge in [-0.25, -0.2) is 4.98 Å². The van der Waals surface area contributed by atoms with Gasteiger partial charge in [-0.2, -0.15) is 0 Å². The number of aryl methyl sites for hydroxylation is 1. The van der Waals surface area contributed by atoms with Crippen LogP contribution in [0.4, 0.5) is 0 Å². The Morgan fingerprint density at radius 1 is 1.56 bits per heavy atom. The third-order valence-corrected chi connectivity index (χ3v) is 2.75. The van der Waals surface area contributed by atoms with Crippen molar-refractivity contribution in [1.82, 2.24) is 9.38 Å². The first kappa shape index (κ1) is 11.2. The van der Waals surface area contributed by atoms with E-state index >= 15 is 0 Å². The standard InChI is InChI=1S/C11H14ClN3O/c1-16-8-4-3-7-15-9(5-2-6-13)14-11(12)10(8)15/h3-4,7H,2,5-6,13H2,1H3. The summed E-state index contributed by atoms with van der Waals surface area (Å²) in [5.74, 6) is 1.66. The van der Waals surface area contributed by atoms with Crippen molar-refractivity contribution < 1.29 is 4.74 Å². The van der Waals surface area contributed by atoms with Crippen molar-refractivity contribution in [2.75, 3.05) is 13.7 Å². The van der Waals surface area contributed by atoms with Crippen molar-refractivity contribution >= 4 is 17.1 Å². The van der Waals surface area contributed by atoms with Crippen LogP contribution in [0.5, 0.6) is 5.75 Å². The van der Waals surface area contributed by atoms with Crippen LogP contribution in [0.2, 0.25) is 5.15 Å². The Balaban J connectivity index is 2.53. The molecule has 16 heavy (non-hydrogen) atoms. The second kappa shape index (κ2) is 4.72. The van der Waals surface area contributed by atoms with E-state index in [-0.39, 0.29) is 0 Å². The number of pyridine rings is 1. The van der Waals surface area contributed by atoms with Crippen molar-refractivity contribution in [2.45, 2.75) is 12.8 Å². The summed E-state index contributed by atoms with van der Waals surface area (Å²) in [6.07, 6.45) is 3.65. The summed E-state index contributed by atoms with van der Waals surface area (Å²) >= 11 is 6.10. The van der Waals surface area contributed by atoms with Crippen LogP contribution >= 0.6 is 11.6 Å². The van der Waals surface area contributed by atoms with Crippen LogP contribution in [-0.4, -0.2) is 23.0 Å². The molecule has 0 saturated carbocycles. The first-order chi connectivity index (χ1) is 7.77. The zero-order valence-electron chi connectivity index (χ0n) is 9.11. The lowest BCUT2D eigenvalue weighted by atomic mass is 10.3. The lowest BCUT2D eigenvalue weighted by molar-refractivity contribution is 0.418. The van der Waals surface area contributed by atoms with Gasteiger partial charge in [0.15, 0.2) is 5.15 Å². The second-order valence-corrected chi connectivity index (χ2v) is 3.86. The molecule has 2 aromatic rings. The van der Waals surface area contributed by atoms with Crippen molar-refractivity contribution in [3.8, 4) is 5.75 Å². The molecule has 0 fully saturated rings. The first-order valence-corrected chi connectivity index (χ1v) is 5.55. The van der Waals surface area contributed by atoms with Gasteiger partial charge in [-0.1, -0.05) is 11.6 Å². The van der Waals surface area contributed by atoms with Gasteiger partial charge in [0.1, 0.15) is 17.1 Å². The van der Waals surface area contributed by atoms with Crippen LogP contribution in [0.15, 0.2) is 18.3 Å². The van der Waals surface area contributed by atoms with Crippen LogP contribution in [0.25, 0.3) is 5.52 Å². The molecule has 2 heterocycles. The Morgan fingerprint density at radius 3 is 3.06 bits per heavy atom. The highest BCUT2D eigenvalue weighted by atomic mass is 35.5. The molecular weight excluding hydrogens is 226 g/mol. The number of hydrogen-bond donors (Lipinski definition) is 1. The SMILES string of the molecule is COc1cccn2c(CCCN)nc(Cl)c12. The van der Waals surface area contributed by atoms with Crippen molar-refractivity contribution in [3.63, 3.8) is 0 Å². The molecular formula is C11H14ClN3O. The van der Waals surface area contributed by atoms with E-state index in [0.29, 0.717) is 11.7 Å². The van der Waals surface area contributed by atoms with E-state index in [0.717, 1.165) is 29.9 Å². The number of aromatic nitrogens is 2. The zero-order valence-corrected chi connectivity index (χ0v) is 9.87. The Bertz CT molecular complexity index is 495. The van der Waals surface area contributed by atoms with E-state index in [9.17, 15) is 0 Å². The molecule has 0 aliphatic carbocycles. The molecule has 0 unspecified atom stereocenters. The minimum Gasteiger partial charge on any atom is -0.494 e. The lowest BCUT2D eigenvalue weighted by Crippen LogP contribution is -2.03. The molecule has 0 radical (unpaired) electrons. The number of fused-ring (bicyclic) bond motifs is 1. The number of nitrogens with two attached hydrogens (primary N) is 1. The van der Waals surface area contributed by atoms with Crippen LogP contribution in [-0.2, 0) is 6.42 Å². The smallest absolute Gasteiger partial charge is 0.158 e. The van der Waals surface area contributed by atoms with Gasteiger partial charge in [-0.15, -0.1) is 0 Å². The number of imidazole rings is 1. The highest BCUT2D eigenvalue weighted by Gasteiger charge is 2.12. The zero-order chi connectivity index (χ0) is 11.5. The van der Waals surface area contributed by atoms with Gasteiger partial charge in [0, 0.05) is 12.6 Å². The first-order valence-electron chi connectivity index (χ1n) is 5.17. The summed E-state index contributed by atoms with van der Waals surface area (Å²) in [7, 11) is 1.62. The maximum absolute atomic E-state index is 6.10. The quantitative estimate of drug-likeness (QED) is 0.887. The Hall–Kier alpha value is -1.26. The predicted molar refractivity (Wildman–Crippen MR) is 64.1 cm³/mol. The average Bonchev–Trinajstić information content (AvgIpc) is 2.64. The summed E-state index contributed by atoms with van der Waals surface area (Å²) < 4.78 is 7.21. The number of methoxy groups -OCH3 is 1. The van der Waals surface area contributed by atoms with Gasteiger partial charge in [0.25, 0.3) is 0 Å². The maximum Gasteiger partial charge on any atom is 0.158 e. The molecule has 0 saturated heterocycles. The molecule has 0 spiro atoms. The van der Waals surface area contributed by atoms with Gasteiger partial charge in [-0.05, 0) is 25.1 Å². The van der Waals surface area contributed by atoms with Gasteiger partial charge >= 0.3 is 0 Å². The van der Waals surface area contributed by atoms with Crippen molar-refractivity contribution in [2.24, 2.45) is 5.73 Å². The molecule has 4 nitrogen and oxygen atoms in total. The monoisotopic (exact) mass is 239 g/mol. The van der Waals surface area contributed by atoms with Crippen molar-refractivity contribution in [1.29, 1.82) is 0 Å². The minimum absolute atomic E-state index is 0.476. The molecule has 0 amide bonds. The minimum atomic E-state index is 0.476. The Morgan fingerprint density at radius 2 is 2.38 bits per heavy atom. The maximum atomic E-state index is 6.10. The molecule has 0 aliphatic heterocycles. The van der Waals surface area contributed by atoms with E-state index in [2.05, 4.69) is 4.98 Å². The van der Waals surface area contributed by atoms with Crippen LogP contribution in [0, 0.1) is 0 Å². The van der Waals surface area contributed by atoms with Crippen LogP contribution in [0.1, 0.15) is 12.2 Å². The molecule has 2 rings (SSSR count). The average molecular weight is 240 g/mol. The molecule has 2 aromatic heterocycles. The van der Waals surface area contributed by atoms with E-state index in [4.69, 9.17) is 22.1 Å². The lowest BCUT2D eigenvalue weighted by Gasteiger charge is -2.04. The van der Waals surface area contributed by atoms with Crippen LogP contribution < -0.4 is 10.5 Å². The fourth-order valence-corrected chi connectivity index (χ4v) is 2.01. The summed E-state index contributed by atoms with van der Waals surface area (Å²) in [5.41, 5.74) is 6.31. The van der Waals surface area contributed by atoms with Gasteiger partial charge in [0.2, 0.25) is 0 Å². The normalized spacial score (nSPS) is 10.9. The summed E-state index contributed by atoms with van der Waals surface area (Å²) in [6, 6.07) is 3.78. The summed E-state index contributed by atoms with van der Waals surface area (Å²) in [4.78, 5) is 4.33. The topological polar surface area (TPSA) is 52.5 Å². The Labute approximate surface area is 99.0 Å². The molecule has 0 atom stereocenters. The third kappa shape index (κ3) is 1.86. The van der Waals surface area contributed by atoms with Gasteiger partial charge < -0.3 is 10.5 Å². The highest BCUT2D eigenvalue weighted by Crippen LogP contribution is 2.27. The van der Waals surface area contributed by atoms with Gasteiger partial charge in [0.05, 0.1) is 7.11 Å². The second-order valence-electron chi connectivity index (χ2n) is 3.51. The van der Waals surface area contributed by atoms with Crippen LogP contribution in [0.3, 0.4) is 0 Å². The Kier molecular flexibility index (Phi) is 3.31. The molecule has 0 bridgehead atoms. The summed E-state index contributed by atoms with van der Waals surface area (Å²) in [6.45, 7) is 0.649. The fraction of sp³-hybridized carbons (Fsp3) is 0.364. The molecule has 0 aromatic carbocycles. The molecule has 86 valence electrons. The fourth-order valence-electron chi connectivity index (χ4n) is 1.73. The van der Waals surface area contributed by atoms with E-state index in [1.807, 2.05) is 22.7 Å². The number of halogens is 1. The summed E-state index contributed by atoms with van der Waals surface area (Å²) in [5, 5.41) is 0.476. The number of nitrogens with zero attached hydrogens (tertiary/aromatic N) is 2. The molecule has 0 aliphatic rings. The number of rotatable bonds is 4. The predicted octanol–water partition coefficient (Wildman–Crippen LogP) is 1.89. The third-order valence-electron chi connectivity index (χ3n) is 2.48. The largest absolute Gasteiger partial charge is 0.494 e. The number of hydrogen-bond acceptors (Lipinski definition) is 3. The highest BCUT2D eigenvalue weighted by molar-refractivity contribution is 6.33. The molecule has 5 heteroatoms. The van der Waals surface area contributed by atoms with E-state index in [1.54, 1.807) is 7.11 Å². The van der Waals surface area contributed by atoms with Gasteiger partial charge in [-0.3, -0.25) is 4.40 Å².